The first kappa shape index (κ1) is 20.6. The van der Waals surface area contributed by atoms with Gasteiger partial charge in [0.15, 0.2) is 0 Å². The summed E-state index contributed by atoms with van der Waals surface area (Å²) in [4.78, 5) is 20.9. The number of fused-ring (bicyclic) bond motifs is 2. The van der Waals surface area contributed by atoms with Crippen molar-refractivity contribution in [3.05, 3.63) is 88.3 Å². The number of methoxy groups -OCH3 is 2. The molecule has 0 saturated carbocycles. The fraction of sp³-hybridized carbons (Fsp3) is 0.154. The van der Waals surface area contributed by atoms with Crippen molar-refractivity contribution in [2.24, 2.45) is 0 Å². The molecule has 0 radical (unpaired) electrons. The molecule has 0 bridgehead atoms. The van der Waals surface area contributed by atoms with Crippen molar-refractivity contribution in [1.82, 2.24) is 14.4 Å². The lowest BCUT2D eigenvalue weighted by atomic mass is 10.1. The second kappa shape index (κ2) is 8.35. The second-order valence-corrected chi connectivity index (χ2v) is 7.84. The van der Waals surface area contributed by atoms with Gasteiger partial charge in [-0.1, -0.05) is 18.2 Å². The van der Waals surface area contributed by atoms with E-state index in [9.17, 15) is 4.79 Å². The van der Waals surface area contributed by atoms with Gasteiger partial charge in [0.1, 0.15) is 28.7 Å². The molecule has 0 saturated heterocycles. The number of aryl methyl sites for hydroxylation is 1. The van der Waals surface area contributed by atoms with Crippen LogP contribution >= 0.6 is 0 Å². The van der Waals surface area contributed by atoms with Gasteiger partial charge in [-0.3, -0.25) is 9.20 Å². The summed E-state index contributed by atoms with van der Waals surface area (Å²) in [5.74, 6) is 2.28. The van der Waals surface area contributed by atoms with Gasteiger partial charge in [-0.15, -0.1) is 0 Å². The Morgan fingerprint density at radius 3 is 2.48 bits per heavy atom. The second-order valence-electron chi connectivity index (χ2n) is 7.84. The Morgan fingerprint density at radius 1 is 0.970 bits per heavy atom. The monoisotopic (exact) mass is 440 g/mol. The number of benzene rings is 2. The topological polar surface area (TPSA) is 80.7 Å². The number of pyridine rings is 2. The normalized spacial score (nSPS) is 11.1. The fourth-order valence-electron chi connectivity index (χ4n) is 4.02. The van der Waals surface area contributed by atoms with Crippen LogP contribution in [0.3, 0.4) is 0 Å². The molecule has 0 aliphatic rings. The molecule has 0 aliphatic heterocycles. The molecule has 3 aromatic heterocycles. The van der Waals surface area contributed by atoms with Crippen molar-refractivity contribution < 1.29 is 9.47 Å². The molecule has 5 rings (SSSR count). The van der Waals surface area contributed by atoms with E-state index in [-0.39, 0.29) is 5.56 Å². The number of H-pyrrole nitrogens is 1. The molecule has 3 heterocycles. The van der Waals surface area contributed by atoms with Crippen molar-refractivity contribution in [3.8, 4) is 22.8 Å². The molecule has 7 nitrogen and oxygen atoms in total. The fourth-order valence-corrected chi connectivity index (χ4v) is 4.02. The van der Waals surface area contributed by atoms with Gasteiger partial charge in [-0.05, 0) is 60.3 Å². The first-order valence-electron chi connectivity index (χ1n) is 10.6. The Labute approximate surface area is 190 Å². The third kappa shape index (κ3) is 3.78. The minimum Gasteiger partial charge on any atom is -0.497 e. The summed E-state index contributed by atoms with van der Waals surface area (Å²) in [6.07, 6.45) is 0. The highest BCUT2D eigenvalue weighted by Crippen LogP contribution is 2.30. The Kier molecular flexibility index (Phi) is 5.22. The summed E-state index contributed by atoms with van der Waals surface area (Å²) in [7, 11) is 3.26. The molecule has 2 aromatic carbocycles. The summed E-state index contributed by atoms with van der Waals surface area (Å²) < 4.78 is 12.6. The number of nitrogens with one attached hydrogen (secondary N) is 2. The van der Waals surface area contributed by atoms with E-state index in [4.69, 9.17) is 14.5 Å². The highest BCUT2D eigenvalue weighted by Gasteiger charge is 2.18. The maximum absolute atomic E-state index is 13.1. The van der Waals surface area contributed by atoms with Crippen LogP contribution in [0.2, 0.25) is 0 Å². The number of anilines is 1. The van der Waals surface area contributed by atoms with Gasteiger partial charge >= 0.3 is 0 Å². The van der Waals surface area contributed by atoms with E-state index < -0.39 is 0 Å². The number of imidazole rings is 1. The third-order valence-corrected chi connectivity index (χ3v) is 5.77. The molecule has 0 amide bonds. The first-order chi connectivity index (χ1) is 16.1. The lowest BCUT2D eigenvalue weighted by Crippen LogP contribution is -2.11. The van der Waals surface area contributed by atoms with Crippen LogP contribution in [-0.2, 0) is 6.54 Å². The summed E-state index contributed by atoms with van der Waals surface area (Å²) in [6.45, 7) is 2.59. The summed E-state index contributed by atoms with van der Waals surface area (Å²) in [6, 6.07) is 21.3. The number of rotatable bonds is 6. The van der Waals surface area contributed by atoms with E-state index in [1.54, 1.807) is 14.2 Å². The Morgan fingerprint density at radius 2 is 1.73 bits per heavy atom. The highest BCUT2D eigenvalue weighted by molar-refractivity contribution is 5.87. The van der Waals surface area contributed by atoms with Gasteiger partial charge in [-0.2, -0.15) is 0 Å². The zero-order valence-corrected chi connectivity index (χ0v) is 18.7. The van der Waals surface area contributed by atoms with E-state index in [1.165, 1.54) is 0 Å². The molecule has 33 heavy (non-hydrogen) atoms. The first-order valence-corrected chi connectivity index (χ1v) is 10.6. The van der Waals surface area contributed by atoms with Crippen LogP contribution in [0.15, 0.2) is 71.5 Å². The minimum absolute atomic E-state index is 0.204. The predicted octanol–water partition coefficient (Wildman–Crippen LogP) is 4.78. The average molecular weight is 441 g/mol. The van der Waals surface area contributed by atoms with Crippen LogP contribution in [0.25, 0.3) is 27.8 Å². The third-order valence-electron chi connectivity index (χ3n) is 5.77. The summed E-state index contributed by atoms with van der Waals surface area (Å²) in [5.41, 5.74) is 4.51. The SMILES string of the molecule is COc1ccc(CNc2c(-c3cc4ccc(OC)cc4[nH]c3=O)nc3cccc(C)n23)cc1. The van der Waals surface area contributed by atoms with Crippen LogP contribution in [-0.4, -0.2) is 28.6 Å². The summed E-state index contributed by atoms with van der Waals surface area (Å²) in [5, 5.41) is 4.41. The molecule has 7 heteroatoms. The lowest BCUT2D eigenvalue weighted by molar-refractivity contribution is 0.414. The molecular weight excluding hydrogens is 416 g/mol. The average Bonchev–Trinajstić information content (AvgIpc) is 3.21. The molecule has 0 unspecified atom stereocenters. The Hall–Kier alpha value is -4.26. The maximum atomic E-state index is 13.1. The van der Waals surface area contributed by atoms with Crippen LogP contribution in [0.4, 0.5) is 5.82 Å². The minimum atomic E-state index is -0.204. The van der Waals surface area contributed by atoms with Gasteiger partial charge in [0, 0.05) is 18.3 Å². The molecule has 0 spiro atoms. The molecule has 0 atom stereocenters. The lowest BCUT2D eigenvalue weighted by Gasteiger charge is -2.11. The van der Waals surface area contributed by atoms with Crippen LogP contribution in [0, 0.1) is 6.92 Å². The number of hydrogen-bond acceptors (Lipinski definition) is 5. The highest BCUT2D eigenvalue weighted by atomic mass is 16.5. The van der Waals surface area contributed by atoms with Gasteiger partial charge in [0.05, 0.1) is 25.3 Å². The maximum Gasteiger partial charge on any atom is 0.258 e. The van der Waals surface area contributed by atoms with E-state index >= 15 is 0 Å². The number of aromatic amines is 1. The summed E-state index contributed by atoms with van der Waals surface area (Å²) >= 11 is 0. The molecule has 0 fully saturated rings. The van der Waals surface area contributed by atoms with Crippen molar-refractivity contribution >= 4 is 22.4 Å². The van der Waals surface area contributed by atoms with Gasteiger partial charge < -0.3 is 19.8 Å². The zero-order valence-electron chi connectivity index (χ0n) is 18.7. The zero-order chi connectivity index (χ0) is 22.9. The predicted molar refractivity (Wildman–Crippen MR) is 130 cm³/mol. The van der Waals surface area contributed by atoms with Crippen LogP contribution in [0.1, 0.15) is 11.3 Å². The Balaban J connectivity index is 1.62. The van der Waals surface area contributed by atoms with E-state index in [0.717, 1.165) is 39.4 Å². The quantitative estimate of drug-likeness (QED) is 0.397. The number of nitrogens with zero attached hydrogens (tertiary/aromatic N) is 2. The number of aromatic nitrogens is 3. The van der Waals surface area contributed by atoms with Gasteiger partial charge in [-0.25, -0.2) is 4.98 Å². The smallest absolute Gasteiger partial charge is 0.258 e. The van der Waals surface area contributed by atoms with E-state index in [2.05, 4.69) is 10.3 Å². The molecule has 2 N–H and O–H groups in total. The van der Waals surface area contributed by atoms with Crippen molar-refractivity contribution in [2.45, 2.75) is 13.5 Å². The molecule has 5 aromatic rings. The van der Waals surface area contributed by atoms with E-state index in [0.29, 0.717) is 23.6 Å². The van der Waals surface area contributed by atoms with Gasteiger partial charge in [0.25, 0.3) is 5.56 Å². The standard InChI is InChI=1S/C26H24N4O3/c1-16-5-4-6-23-29-24(21-13-18-9-12-20(33-3)14-22(18)28-26(21)31)25(30(16)23)27-15-17-7-10-19(32-2)11-8-17/h4-14,27H,15H2,1-3H3,(H,28,31). The number of hydrogen-bond donors (Lipinski definition) is 2. The largest absolute Gasteiger partial charge is 0.497 e. The number of ether oxygens (including phenoxy) is 2. The van der Waals surface area contributed by atoms with Crippen LogP contribution < -0.4 is 20.3 Å². The molecule has 0 aliphatic carbocycles. The van der Waals surface area contributed by atoms with Gasteiger partial charge in [0.2, 0.25) is 0 Å². The Bertz CT molecular complexity index is 1520. The molecule has 166 valence electrons. The van der Waals surface area contributed by atoms with Crippen molar-refractivity contribution in [2.75, 3.05) is 19.5 Å². The van der Waals surface area contributed by atoms with Crippen molar-refractivity contribution in [3.63, 3.8) is 0 Å². The van der Waals surface area contributed by atoms with E-state index in [1.807, 2.05) is 78.1 Å². The van der Waals surface area contributed by atoms with Crippen molar-refractivity contribution in [1.29, 1.82) is 0 Å². The molecular formula is C26H24N4O3. The van der Waals surface area contributed by atoms with Crippen LogP contribution in [0.5, 0.6) is 11.5 Å².